The Morgan fingerprint density at radius 1 is 1.20 bits per heavy atom. The molecule has 3 rings (SSSR count). The zero-order valence-electron chi connectivity index (χ0n) is 13.4. The van der Waals surface area contributed by atoms with Gasteiger partial charge in [-0.3, -0.25) is 14.5 Å². The van der Waals surface area contributed by atoms with Crippen molar-refractivity contribution in [2.24, 2.45) is 0 Å². The maximum atomic E-state index is 13.0. The van der Waals surface area contributed by atoms with E-state index >= 15 is 0 Å². The molecule has 25 heavy (non-hydrogen) atoms. The molecule has 0 aliphatic rings. The van der Waals surface area contributed by atoms with Gasteiger partial charge in [-0.2, -0.15) is 5.10 Å². The SMILES string of the molecule is O=C(CCOc1cccc(F)c1)Nc1ccn(Cc2ccccn2)n1. The van der Waals surface area contributed by atoms with E-state index in [1.54, 1.807) is 35.3 Å². The molecule has 0 aliphatic heterocycles. The Kier molecular flexibility index (Phi) is 5.36. The van der Waals surface area contributed by atoms with E-state index in [1.807, 2.05) is 18.2 Å². The summed E-state index contributed by atoms with van der Waals surface area (Å²) in [4.78, 5) is 16.1. The minimum absolute atomic E-state index is 0.142. The number of ether oxygens (including phenoxy) is 1. The molecule has 1 aromatic carbocycles. The summed E-state index contributed by atoms with van der Waals surface area (Å²) in [6, 6.07) is 13.2. The fraction of sp³-hybridized carbons (Fsp3) is 0.167. The number of carbonyl (C=O) groups is 1. The van der Waals surface area contributed by atoms with Crippen molar-refractivity contribution in [3.05, 3.63) is 72.4 Å². The highest BCUT2D eigenvalue weighted by atomic mass is 19.1. The number of benzene rings is 1. The Labute approximate surface area is 144 Å². The number of hydrogen-bond donors (Lipinski definition) is 1. The lowest BCUT2D eigenvalue weighted by Crippen LogP contribution is -2.16. The highest BCUT2D eigenvalue weighted by molar-refractivity contribution is 5.89. The van der Waals surface area contributed by atoms with E-state index in [4.69, 9.17) is 4.74 Å². The summed E-state index contributed by atoms with van der Waals surface area (Å²) >= 11 is 0. The molecule has 0 fully saturated rings. The smallest absolute Gasteiger partial charge is 0.229 e. The van der Waals surface area contributed by atoms with Gasteiger partial charge in [-0.25, -0.2) is 4.39 Å². The first-order valence-electron chi connectivity index (χ1n) is 7.80. The highest BCUT2D eigenvalue weighted by Gasteiger charge is 2.06. The van der Waals surface area contributed by atoms with Gasteiger partial charge in [0.1, 0.15) is 11.6 Å². The number of anilines is 1. The molecule has 0 radical (unpaired) electrons. The van der Waals surface area contributed by atoms with Crippen molar-refractivity contribution >= 4 is 11.7 Å². The number of aromatic nitrogens is 3. The van der Waals surface area contributed by atoms with Crippen LogP contribution in [0, 0.1) is 5.82 Å². The molecule has 0 aliphatic carbocycles. The van der Waals surface area contributed by atoms with Crippen LogP contribution in [0.15, 0.2) is 60.9 Å². The number of rotatable bonds is 7. The monoisotopic (exact) mass is 340 g/mol. The van der Waals surface area contributed by atoms with E-state index in [0.717, 1.165) is 5.69 Å². The first-order chi connectivity index (χ1) is 12.2. The van der Waals surface area contributed by atoms with Gasteiger partial charge in [0, 0.05) is 24.5 Å². The Balaban J connectivity index is 1.45. The second-order valence-corrected chi connectivity index (χ2v) is 5.32. The Hall–Kier alpha value is -3.22. The lowest BCUT2D eigenvalue weighted by Gasteiger charge is -2.06. The van der Waals surface area contributed by atoms with Crippen LogP contribution in [0.2, 0.25) is 0 Å². The van der Waals surface area contributed by atoms with Crippen molar-refractivity contribution < 1.29 is 13.9 Å². The number of hydrogen-bond acceptors (Lipinski definition) is 4. The summed E-state index contributed by atoms with van der Waals surface area (Å²) in [6.45, 7) is 0.684. The van der Waals surface area contributed by atoms with Crippen LogP contribution >= 0.6 is 0 Å². The maximum Gasteiger partial charge on any atom is 0.229 e. The second-order valence-electron chi connectivity index (χ2n) is 5.32. The van der Waals surface area contributed by atoms with Gasteiger partial charge in [0.2, 0.25) is 5.91 Å². The van der Waals surface area contributed by atoms with Crippen LogP contribution in [-0.2, 0) is 11.3 Å². The van der Waals surface area contributed by atoms with Crippen LogP contribution in [0.1, 0.15) is 12.1 Å². The minimum Gasteiger partial charge on any atom is -0.493 e. The van der Waals surface area contributed by atoms with E-state index in [-0.39, 0.29) is 24.8 Å². The Morgan fingerprint density at radius 2 is 2.12 bits per heavy atom. The standard InChI is InChI=1S/C18H17FN4O2/c19-14-4-3-6-16(12-14)25-11-8-18(24)21-17-7-10-23(22-17)13-15-5-1-2-9-20-15/h1-7,9-10,12H,8,11,13H2,(H,21,22,24). The molecule has 0 spiro atoms. The molecule has 0 unspecified atom stereocenters. The number of nitrogens with one attached hydrogen (secondary N) is 1. The van der Waals surface area contributed by atoms with Crippen LogP contribution in [0.5, 0.6) is 5.75 Å². The molecule has 0 saturated carbocycles. The lowest BCUT2D eigenvalue weighted by molar-refractivity contribution is -0.116. The normalized spacial score (nSPS) is 10.4. The summed E-state index contributed by atoms with van der Waals surface area (Å²) in [5, 5.41) is 6.98. The van der Waals surface area contributed by atoms with E-state index < -0.39 is 0 Å². The van der Waals surface area contributed by atoms with Gasteiger partial charge in [0.15, 0.2) is 5.82 Å². The predicted octanol–water partition coefficient (Wildman–Crippen LogP) is 2.87. The van der Waals surface area contributed by atoms with E-state index in [9.17, 15) is 9.18 Å². The fourth-order valence-electron chi connectivity index (χ4n) is 2.20. The Bertz CT molecular complexity index is 836. The molecule has 3 aromatic rings. The molecular weight excluding hydrogens is 323 g/mol. The van der Waals surface area contributed by atoms with Crippen LogP contribution in [0.25, 0.3) is 0 Å². The van der Waals surface area contributed by atoms with Gasteiger partial charge < -0.3 is 10.1 Å². The molecule has 0 saturated heterocycles. The largest absolute Gasteiger partial charge is 0.493 e. The highest BCUT2D eigenvalue weighted by Crippen LogP contribution is 2.12. The van der Waals surface area contributed by atoms with Crippen molar-refractivity contribution in [1.29, 1.82) is 0 Å². The molecule has 1 N–H and O–H groups in total. The van der Waals surface area contributed by atoms with Crippen molar-refractivity contribution in [2.75, 3.05) is 11.9 Å². The maximum absolute atomic E-state index is 13.0. The zero-order chi connectivity index (χ0) is 17.5. The third-order valence-corrected chi connectivity index (χ3v) is 3.35. The fourth-order valence-corrected chi connectivity index (χ4v) is 2.20. The van der Waals surface area contributed by atoms with Gasteiger partial charge in [-0.1, -0.05) is 12.1 Å². The number of pyridine rings is 1. The summed E-state index contributed by atoms with van der Waals surface area (Å²) in [6.07, 6.45) is 3.64. The van der Waals surface area contributed by atoms with Crippen molar-refractivity contribution in [1.82, 2.24) is 14.8 Å². The molecule has 2 aromatic heterocycles. The van der Waals surface area contributed by atoms with Crippen LogP contribution < -0.4 is 10.1 Å². The summed E-state index contributed by atoms with van der Waals surface area (Å²) in [5.41, 5.74) is 0.881. The van der Waals surface area contributed by atoms with Gasteiger partial charge in [-0.15, -0.1) is 0 Å². The molecule has 0 atom stereocenters. The average Bonchev–Trinajstić information content (AvgIpc) is 3.02. The molecule has 128 valence electrons. The van der Waals surface area contributed by atoms with Gasteiger partial charge in [-0.05, 0) is 24.3 Å². The van der Waals surface area contributed by atoms with Crippen molar-refractivity contribution in [3.8, 4) is 5.75 Å². The number of nitrogens with zero attached hydrogens (tertiary/aromatic N) is 3. The summed E-state index contributed by atoms with van der Waals surface area (Å²) in [7, 11) is 0. The average molecular weight is 340 g/mol. The van der Waals surface area contributed by atoms with E-state index in [1.165, 1.54) is 12.1 Å². The number of halogens is 1. The van der Waals surface area contributed by atoms with E-state index in [2.05, 4.69) is 15.4 Å². The lowest BCUT2D eigenvalue weighted by atomic mass is 10.3. The van der Waals surface area contributed by atoms with Gasteiger partial charge in [0.05, 0.1) is 25.3 Å². The first-order valence-corrected chi connectivity index (χ1v) is 7.80. The molecular formula is C18H17FN4O2. The quantitative estimate of drug-likeness (QED) is 0.718. The van der Waals surface area contributed by atoms with E-state index in [0.29, 0.717) is 18.1 Å². The predicted molar refractivity (Wildman–Crippen MR) is 90.7 cm³/mol. The first kappa shape index (κ1) is 16.6. The van der Waals surface area contributed by atoms with Crippen LogP contribution in [-0.4, -0.2) is 27.3 Å². The summed E-state index contributed by atoms with van der Waals surface area (Å²) < 4.78 is 20.1. The molecule has 6 nitrogen and oxygen atoms in total. The minimum atomic E-state index is -0.375. The van der Waals surface area contributed by atoms with Gasteiger partial charge >= 0.3 is 0 Å². The molecule has 1 amide bonds. The zero-order valence-corrected chi connectivity index (χ0v) is 13.4. The van der Waals surface area contributed by atoms with Crippen molar-refractivity contribution in [2.45, 2.75) is 13.0 Å². The van der Waals surface area contributed by atoms with Crippen molar-refractivity contribution in [3.63, 3.8) is 0 Å². The third-order valence-electron chi connectivity index (χ3n) is 3.35. The van der Waals surface area contributed by atoms with Crippen LogP contribution in [0.3, 0.4) is 0 Å². The third kappa shape index (κ3) is 5.13. The molecule has 7 heteroatoms. The molecule has 0 bridgehead atoms. The van der Waals surface area contributed by atoms with Gasteiger partial charge in [0.25, 0.3) is 0 Å². The molecule has 2 heterocycles. The second kappa shape index (κ2) is 8.05. The topological polar surface area (TPSA) is 69.0 Å². The number of amides is 1. The summed E-state index contributed by atoms with van der Waals surface area (Å²) in [5.74, 6) is 0.263. The number of carbonyl (C=O) groups excluding carboxylic acids is 1. The van der Waals surface area contributed by atoms with Crippen LogP contribution in [0.4, 0.5) is 10.2 Å². The Morgan fingerprint density at radius 3 is 2.92 bits per heavy atom.